The number of hydrogen-bond donors (Lipinski definition) is 1. The van der Waals surface area contributed by atoms with Gasteiger partial charge in [0, 0.05) is 11.3 Å². The number of benzene rings is 3. The number of carbonyl (C=O) groups is 1. The number of nitrogens with one attached hydrogen (secondary N) is 1. The van der Waals surface area contributed by atoms with Crippen LogP contribution < -0.4 is 19.7 Å². The largest absolute Gasteiger partial charge is 0.454 e. The second-order valence-electron chi connectivity index (χ2n) is 8.96. The second-order valence-corrected chi connectivity index (χ2v) is 8.96. The molecule has 1 unspecified atom stereocenters. The Balaban J connectivity index is 1.47. The Hall–Kier alpha value is -4.59. The number of aromatic nitrogens is 2. The van der Waals surface area contributed by atoms with Crippen LogP contribution in [0.4, 0.5) is 10.5 Å². The van der Waals surface area contributed by atoms with E-state index in [1.165, 1.54) is 0 Å². The average molecular weight is 481 g/mol. The molecule has 0 saturated heterocycles. The minimum Gasteiger partial charge on any atom is -0.454 e. The van der Waals surface area contributed by atoms with Crippen LogP contribution in [-0.4, -0.2) is 23.0 Å². The Labute approximate surface area is 208 Å². The summed E-state index contributed by atoms with van der Waals surface area (Å²) in [4.78, 5) is 19.8. The molecule has 0 fully saturated rings. The lowest BCUT2D eigenvalue weighted by atomic mass is 9.94. The third-order valence-electron chi connectivity index (χ3n) is 6.44. The van der Waals surface area contributed by atoms with Crippen LogP contribution in [0.25, 0.3) is 17.0 Å². The van der Waals surface area contributed by atoms with Gasteiger partial charge in [-0.2, -0.15) is 4.98 Å². The number of urea groups is 1. The summed E-state index contributed by atoms with van der Waals surface area (Å²) in [7, 11) is 0. The molecule has 2 aliphatic rings. The molecule has 0 spiro atoms. The predicted octanol–water partition coefficient (Wildman–Crippen LogP) is 5.78. The van der Waals surface area contributed by atoms with Crippen molar-refractivity contribution < 1.29 is 18.8 Å². The van der Waals surface area contributed by atoms with Crippen molar-refractivity contribution in [2.45, 2.75) is 26.8 Å². The van der Waals surface area contributed by atoms with E-state index >= 15 is 0 Å². The fraction of sp³-hybridized carbons (Fsp3) is 0.179. The van der Waals surface area contributed by atoms with Gasteiger partial charge in [-0.25, -0.2) is 4.79 Å². The third kappa shape index (κ3) is 3.76. The summed E-state index contributed by atoms with van der Waals surface area (Å²) < 4.78 is 16.7. The number of allylic oxidation sites excluding steroid dienone is 1. The van der Waals surface area contributed by atoms with Crippen molar-refractivity contribution >= 4 is 17.3 Å². The van der Waals surface area contributed by atoms with Crippen molar-refractivity contribution in [3.63, 3.8) is 0 Å². The highest BCUT2D eigenvalue weighted by Gasteiger charge is 2.36. The van der Waals surface area contributed by atoms with Gasteiger partial charge in [-0.05, 0) is 62.2 Å². The first-order chi connectivity index (χ1) is 17.5. The van der Waals surface area contributed by atoms with Gasteiger partial charge < -0.3 is 19.3 Å². The van der Waals surface area contributed by atoms with Crippen LogP contribution in [-0.2, 0) is 0 Å². The van der Waals surface area contributed by atoms with Gasteiger partial charge in [-0.15, -0.1) is 0 Å². The quantitative estimate of drug-likeness (QED) is 0.398. The smallest absolute Gasteiger partial charge is 0.326 e. The topological polar surface area (TPSA) is 89.7 Å². The average Bonchev–Trinajstić information content (AvgIpc) is 3.54. The number of anilines is 1. The zero-order valence-corrected chi connectivity index (χ0v) is 20.1. The summed E-state index contributed by atoms with van der Waals surface area (Å²) in [5, 5.41) is 7.39. The molecule has 2 amide bonds. The van der Waals surface area contributed by atoms with E-state index in [1.54, 1.807) is 4.90 Å². The molecule has 8 nitrogen and oxygen atoms in total. The number of amides is 2. The first-order valence-corrected chi connectivity index (χ1v) is 11.7. The van der Waals surface area contributed by atoms with E-state index < -0.39 is 6.04 Å². The lowest BCUT2D eigenvalue weighted by Crippen LogP contribution is -2.46. The van der Waals surface area contributed by atoms with Crippen LogP contribution in [0.2, 0.25) is 0 Å². The van der Waals surface area contributed by atoms with E-state index in [-0.39, 0.29) is 12.8 Å². The first-order valence-electron chi connectivity index (χ1n) is 11.7. The lowest BCUT2D eigenvalue weighted by Gasteiger charge is -2.35. The van der Waals surface area contributed by atoms with E-state index in [9.17, 15) is 4.79 Å². The van der Waals surface area contributed by atoms with E-state index in [2.05, 4.69) is 10.5 Å². The molecule has 1 aromatic heterocycles. The van der Waals surface area contributed by atoms with E-state index in [0.29, 0.717) is 23.2 Å². The van der Waals surface area contributed by atoms with Gasteiger partial charge in [-0.1, -0.05) is 47.1 Å². The molecule has 1 atom stereocenters. The summed E-state index contributed by atoms with van der Waals surface area (Å²) >= 11 is 0. The number of fused-ring (bicyclic) bond motifs is 1. The van der Waals surface area contributed by atoms with Crippen LogP contribution in [0.15, 0.2) is 77.0 Å². The number of ether oxygens (including phenoxy) is 2. The highest BCUT2D eigenvalue weighted by atomic mass is 16.7. The fourth-order valence-corrected chi connectivity index (χ4v) is 4.59. The Morgan fingerprint density at radius 2 is 1.72 bits per heavy atom. The third-order valence-corrected chi connectivity index (χ3v) is 6.44. The van der Waals surface area contributed by atoms with Crippen LogP contribution in [0, 0.1) is 13.8 Å². The van der Waals surface area contributed by atoms with Gasteiger partial charge in [0.25, 0.3) is 5.89 Å². The normalized spacial score (nSPS) is 16.9. The molecule has 3 aromatic carbocycles. The first kappa shape index (κ1) is 21.9. The van der Waals surface area contributed by atoms with Crippen LogP contribution >= 0.6 is 0 Å². The Morgan fingerprint density at radius 3 is 2.53 bits per heavy atom. The maximum absolute atomic E-state index is 13.4. The lowest BCUT2D eigenvalue weighted by molar-refractivity contribution is 0.174. The molecule has 0 saturated carbocycles. The second kappa shape index (κ2) is 8.57. The Kier molecular flexibility index (Phi) is 5.21. The molecule has 6 rings (SSSR count). The molecule has 1 N–H and O–H groups in total. The van der Waals surface area contributed by atoms with Gasteiger partial charge in [0.1, 0.15) is 0 Å². The molecule has 8 heteroatoms. The molecule has 2 aliphatic heterocycles. The molecule has 3 heterocycles. The maximum atomic E-state index is 13.4. The van der Waals surface area contributed by atoms with Crippen molar-refractivity contribution in [3.05, 3.63) is 95.0 Å². The zero-order valence-electron chi connectivity index (χ0n) is 20.1. The monoisotopic (exact) mass is 480 g/mol. The van der Waals surface area contributed by atoms with Gasteiger partial charge in [0.05, 0.1) is 17.3 Å². The van der Waals surface area contributed by atoms with Crippen molar-refractivity contribution in [1.82, 2.24) is 15.5 Å². The Bertz CT molecular complexity index is 1510. The highest BCUT2D eigenvalue weighted by molar-refractivity contribution is 6.01. The summed E-state index contributed by atoms with van der Waals surface area (Å²) in [5.74, 6) is 2.08. The molecule has 4 aromatic rings. The minimum atomic E-state index is -0.454. The van der Waals surface area contributed by atoms with Crippen molar-refractivity contribution in [2.75, 3.05) is 11.7 Å². The highest BCUT2D eigenvalue weighted by Crippen LogP contribution is 2.40. The molecule has 0 aliphatic carbocycles. The predicted molar refractivity (Wildman–Crippen MR) is 135 cm³/mol. The summed E-state index contributed by atoms with van der Waals surface area (Å²) in [5.41, 5.74) is 6.08. The molecular weight excluding hydrogens is 456 g/mol. The number of rotatable bonds is 4. The SMILES string of the molecule is CC1=C(c2nc(-c3ccc4c(c3)OCO4)no2)C(c2ccc(C)cc2)NC(=O)N1c1cccc(C)c1. The molecule has 0 bridgehead atoms. The Morgan fingerprint density at radius 1 is 0.917 bits per heavy atom. The van der Waals surface area contributed by atoms with Gasteiger partial charge >= 0.3 is 6.03 Å². The molecule has 0 radical (unpaired) electrons. The van der Waals surface area contributed by atoms with E-state index in [0.717, 1.165) is 39.2 Å². The summed E-state index contributed by atoms with van der Waals surface area (Å²) in [6.07, 6.45) is 0. The van der Waals surface area contributed by atoms with Crippen molar-refractivity contribution in [2.24, 2.45) is 0 Å². The summed E-state index contributed by atoms with van der Waals surface area (Å²) in [6, 6.07) is 20.7. The fourth-order valence-electron chi connectivity index (χ4n) is 4.59. The van der Waals surface area contributed by atoms with Gasteiger partial charge in [0.2, 0.25) is 12.6 Å². The number of hydrogen-bond acceptors (Lipinski definition) is 6. The van der Waals surface area contributed by atoms with Crippen LogP contribution in [0.1, 0.15) is 35.5 Å². The summed E-state index contributed by atoms with van der Waals surface area (Å²) in [6.45, 7) is 6.12. The zero-order chi connectivity index (χ0) is 24.8. The number of nitrogens with zero attached hydrogens (tertiary/aromatic N) is 3. The van der Waals surface area contributed by atoms with Gasteiger partial charge in [-0.3, -0.25) is 4.90 Å². The van der Waals surface area contributed by atoms with E-state index in [4.69, 9.17) is 19.0 Å². The van der Waals surface area contributed by atoms with Crippen LogP contribution in [0.3, 0.4) is 0 Å². The van der Waals surface area contributed by atoms with Crippen molar-refractivity contribution in [1.29, 1.82) is 0 Å². The molecule has 180 valence electrons. The maximum Gasteiger partial charge on any atom is 0.326 e. The standard InChI is InChI=1S/C28H24N4O4/c1-16-7-9-19(10-8-16)25-24(18(3)32(28(33)29-25)21-6-4-5-17(2)13-21)27-30-26(31-36-27)20-11-12-22-23(14-20)35-15-34-22/h4-14,25H,15H2,1-3H3,(H,29,33). The number of aryl methyl sites for hydroxylation is 2. The molecule has 36 heavy (non-hydrogen) atoms. The van der Waals surface area contributed by atoms with Crippen LogP contribution in [0.5, 0.6) is 11.5 Å². The van der Waals surface area contributed by atoms with Crippen molar-refractivity contribution in [3.8, 4) is 22.9 Å². The van der Waals surface area contributed by atoms with E-state index in [1.807, 2.05) is 87.5 Å². The minimum absolute atomic E-state index is 0.190. The molecular formula is C28H24N4O4. The van der Waals surface area contributed by atoms with Gasteiger partial charge in [0.15, 0.2) is 11.5 Å². The number of carbonyl (C=O) groups excluding carboxylic acids is 1.